The Labute approximate surface area is 163 Å². The average Bonchev–Trinajstić information content (AvgIpc) is 3.21. The second kappa shape index (κ2) is 12.9. The third-order valence-corrected chi connectivity index (χ3v) is 3.52. The Kier molecular flexibility index (Phi) is 15.3. The predicted molar refractivity (Wildman–Crippen MR) is 98.8 cm³/mol. The molecule has 5 N–H and O–H groups in total. The van der Waals surface area contributed by atoms with Gasteiger partial charge in [-0.15, -0.1) is 23.2 Å². The van der Waals surface area contributed by atoms with Crippen LogP contribution in [0.5, 0.6) is 0 Å². The molecule has 2 fully saturated rings. The molecule has 2 aliphatic rings. The summed E-state index contributed by atoms with van der Waals surface area (Å²) in [5, 5.41) is 10.8. The summed E-state index contributed by atoms with van der Waals surface area (Å²) < 4.78 is 4.67. The van der Waals surface area contributed by atoms with Gasteiger partial charge in [-0.3, -0.25) is 0 Å². The number of hydrogen-bond acceptors (Lipinski definition) is 4. The zero-order valence-electron chi connectivity index (χ0n) is 15.1. The van der Waals surface area contributed by atoms with E-state index in [0.29, 0.717) is 0 Å². The molecule has 0 saturated heterocycles. The summed E-state index contributed by atoms with van der Waals surface area (Å²) in [5.41, 5.74) is 10.6. The number of nitrogens with zero attached hydrogens (tertiary/aromatic N) is 1. The molecule has 0 bridgehead atoms. The van der Waals surface area contributed by atoms with Gasteiger partial charge in [-0.2, -0.15) is 5.26 Å². The van der Waals surface area contributed by atoms with Crippen LogP contribution in [0.1, 0.15) is 39.5 Å². The van der Waals surface area contributed by atoms with Crippen LogP contribution < -0.4 is 29.2 Å². The van der Waals surface area contributed by atoms with E-state index in [4.69, 9.17) is 39.9 Å². The first-order chi connectivity index (χ1) is 10.3. The van der Waals surface area contributed by atoms with E-state index in [1.807, 2.05) is 26.6 Å². The first kappa shape index (κ1) is 28.4. The molecule has 0 radical (unpaired) electrons. The van der Waals surface area contributed by atoms with Crippen LogP contribution in [0.4, 0.5) is 4.79 Å². The van der Waals surface area contributed by atoms with Gasteiger partial charge in [0.25, 0.3) is 14.6 Å². The summed E-state index contributed by atoms with van der Waals surface area (Å²) in [7, 11) is -1.52. The lowest BCUT2D eigenvalue weighted by atomic mass is 10.3. The van der Waals surface area contributed by atoms with E-state index in [1.54, 1.807) is 6.26 Å². The standard InChI is InChI=1S/C5H10N2O.C4H9NOSi.C4H9N.CH2Cl2.ClH/c1-5(2-3-5)7-4(6)8;1-7(2,3)6-4-5;1-4(5)2-3-4;2-1-3;/h2-3H2,1H3,(H3,6,7,8);1-3H3;2-3,5H2,1H3;1H2;1H/p-1. The van der Waals surface area contributed by atoms with Crippen molar-refractivity contribution in [1.29, 1.82) is 5.26 Å². The average molecular weight is 421 g/mol. The number of carbonyl (C=O) groups is 1. The van der Waals surface area contributed by atoms with Gasteiger partial charge in [0.15, 0.2) is 0 Å². The normalized spacial score (nSPS) is 17.3. The van der Waals surface area contributed by atoms with Crippen molar-refractivity contribution in [3.05, 3.63) is 0 Å². The molecular weight excluding hydrogens is 391 g/mol. The van der Waals surface area contributed by atoms with Crippen LogP contribution >= 0.6 is 23.2 Å². The Bertz CT molecular complexity index is 388. The fourth-order valence-corrected chi connectivity index (χ4v) is 1.22. The van der Waals surface area contributed by atoms with E-state index < -0.39 is 14.3 Å². The van der Waals surface area contributed by atoms with E-state index in [2.05, 4.69) is 16.7 Å². The minimum Gasteiger partial charge on any atom is -1.00 e. The van der Waals surface area contributed by atoms with Crippen LogP contribution in [-0.2, 0) is 4.43 Å². The highest BCUT2D eigenvalue weighted by atomic mass is 35.5. The Balaban J connectivity index is -0.000000254. The molecule has 24 heavy (non-hydrogen) atoms. The fourth-order valence-electron chi connectivity index (χ4n) is 0.944. The Morgan fingerprint density at radius 2 is 1.58 bits per heavy atom. The molecule has 0 aromatic heterocycles. The second-order valence-electron chi connectivity index (χ2n) is 7.11. The molecule has 0 spiro atoms. The number of alkyl halides is 2. The summed E-state index contributed by atoms with van der Waals surface area (Å²) in [4.78, 5) is 10.2. The fraction of sp³-hybridized carbons (Fsp3) is 0.857. The molecule has 0 aromatic rings. The van der Waals surface area contributed by atoms with Gasteiger partial charge in [0.2, 0.25) is 0 Å². The zero-order valence-corrected chi connectivity index (χ0v) is 18.4. The van der Waals surface area contributed by atoms with E-state index in [0.717, 1.165) is 12.8 Å². The number of primary amides is 1. The van der Waals surface area contributed by atoms with Crippen molar-refractivity contribution in [2.75, 3.05) is 5.34 Å². The number of halogens is 3. The van der Waals surface area contributed by atoms with Crippen LogP contribution in [0.25, 0.3) is 0 Å². The maximum absolute atomic E-state index is 10.2. The molecule has 10 heteroatoms. The van der Waals surface area contributed by atoms with Gasteiger partial charge in [0, 0.05) is 11.1 Å². The summed E-state index contributed by atoms with van der Waals surface area (Å²) in [6, 6.07) is -0.412. The van der Waals surface area contributed by atoms with Crippen molar-refractivity contribution in [3.8, 4) is 6.26 Å². The highest BCUT2D eigenvalue weighted by Gasteiger charge is 2.38. The number of urea groups is 1. The number of nitrogens with one attached hydrogen (secondary N) is 1. The molecule has 144 valence electrons. The number of hydrogen-bond donors (Lipinski definition) is 3. The molecule has 2 rings (SSSR count). The molecule has 0 heterocycles. The van der Waals surface area contributed by atoms with E-state index in [9.17, 15) is 4.79 Å². The lowest BCUT2D eigenvalue weighted by Gasteiger charge is -2.08. The van der Waals surface area contributed by atoms with Gasteiger partial charge in [-0.1, -0.05) is 0 Å². The molecule has 2 saturated carbocycles. The second-order valence-corrected chi connectivity index (χ2v) is 12.3. The Hall–Kier alpha value is -0.393. The van der Waals surface area contributed by atoms with Crippen molar-refractivity contribution < 1.29 is 21.6 Å². The first-order valence-electron chi connectivity index (χ1n) is 7.36. The maximum atomic E-state index is 10.2. The molecular formula is C14H30Cl3N4O2Si-. The lowest BCUT2D eigenvalue weighted by Crippen LogP contribution is -3.00. The molecule has 0 unspecified atom stereocenters. The van der Waals surface area contributed by atoms with Crippen LogP contribution in [-0.4, -0.2) is 30.8 Å². The largest absolute Gasteiger partial charge is 1.00 e. The van der Waals surface area contributed by atoms with Crippen molar-refractivity contribution >= 4 is 37.6 Å². The summed E-state index contributed by atoms with van der Waals surface area (Å²) >= 11 is 9.53. The zero-order chi connectivity index (χ0) is 18.7. The van der Waals surface area contributed by atoms with Gasteiger partial charge in [0.05, 0.1) is 5.34 Å². The third-order valence-electron chi connectivity index (χ3n) is 2.82. The number of nitriles is 1. The SMILES string of the molecule is CC1(N)CC1.CC1(NC(N)=O)CC1.C[Si](C)(C)OC#N.ClCCl.[Cl-]. The van der Waals surface area contributed by atoms with Crippen LogP contribution in [0.3, 0.4) is 0 Å². The molecule has 0 atom stereocenters. The number of nitrogens with two attached hydrogens (primary N) is 2. The summed E-state index contributed by atoms with van der Waals surface area (Å²) in [6.45, 7) is 9.97. The Morgan fingerprint density at radius 3 is 1.62 bits per heavy atom. The first-order valence-corrected chi connectivity index (χ1v) is 11.8. The van der Waals surface area contributed by atoms with Crippen LogP contribution in [0.15, 0.2) is 0 Å². The Morgan fingerprint density at radius 1 is 1.25 bits per heavy atom. The minimum absolute atomic E-state index is 0. The van der Waals surface area contributed by atoms with Crippen molar-refractivity contribution in [1.82, 2.24) is 5.32 Å². The number of amides is 2. The lowest BCUT2D eigenvalue weighted by molar-refractivity contribution is -0.0000109. The van der Waals surface area contributed by atoms with Gasteiger partial charge in [0.1, 0.15) is 0 Å². The predicted octanol–water partition coefficient (Wildman–Crippen LogP) is 0.449. The van der Waals surface area contributed by atoms with Crippen molar-refractivity contribution in [2.24, 2.45) is 11.5 Å². The smallest absolute Gasteiger partial charge is 0.312 e. The van der Waals surface area contributed by atoms with Crippen LogP contribution in [0, 0.1) is 11.5 Å². The maximum Gasteiger partial charge on any atom is 0.312 e. The van der Waals surface area contributed by atoms with E-state index >= 15 is 0 Å². The molecule has 0 aromatic carbocycles. The molecule has 6 nitrogen and oxygen atoms in total. The van der Waals surface area contributed by atoms with Crippen molar-refractivity contribution in [3.63, 3.8) is 0 Å². The van der Waals surface area contributed by atoms with Crippen LogP contribution in [0.2, 0.25) is 19.6 Å². The monoisotopic (exact) mass is 419 g/mol. The third kappa shape index (κ3) is 26.5. The van der Waals surface area contributed by atoms with Crippen molar-refractivity contribution in [2.45, 2.75) is 70.2 Å². The molecule has 2 aliphatic carbocycles. The molecule has 2 amide bonds. The minimum atomic E-state index is -1.52. The van der Waals surface area contributed by atoms with E-state index in [1.165, 1.54) is 12.8 Å². The van der Waals surface area contributed by atoms with Gasteiger partial charge in [-0.25, -0.2) is 4.79 Å². The van der Waals surface area contributed by atoms with Gasteiger partial charge < -0.3 is 33.6 Å². The number of carbonyl (C=O) groups excluding carboxylic acids is 1. The highest BCUT2D eigenvalue weighted by molar-refractivity contribution is 6.70. The molecule has 0 aliphatic heterocycles. The van der Waals surface area contributed by atoms with Gasteiger partial charge in [-0.05, 0) is 59.2 Å². The quantitative estimate of drug-likeness (QED) is 0.342. The topological polar surface area (TPSA) is 114 Å². The summed E-state index contributed by atoms with van der Waals surface area (Å²) in [5.74, 6) is 0. The summed E-state index contributed by atoms with van der Waals surface area (Å²) in [6.07, 6.45) is 6.26. The van der Waals surface area contributed by atoms with E-state index in [-0.39, 0.29) is 28.8 Å². The highest BCUT2D eigenvalue weighted by Crippen LogP contribution is 2.33. The number of rotatable bonds is 2. The van der Waals surface area contributed by atoms with Gasteiger partial charge >= 0.3 is 6.03 Å².